The second-order valence-electron chi connectivity index (χ2n) is 11.2. The minimum absolute atomic E-state index is 0.0211. The van der Waals surface area contributed by atoms with Gasteiger partial charge in [-0.1, -0.05) is 49.7 Å². The number of carbonyl (C=O) groups is 2. The molecule has 1 aliphatic carbocycles. The Morgan fingerprint density at radius 1 is 0.974 bits per heavy atom. The van der Waals surface area contributed by atoms with Gasteiger partial charge in [0.2, 0.25) is 11.8 Å². The Kier molecular flexibility index (Phi) is 6.41. The highest BCUT2D eigenvalue weighted by Crippen LogP contribution is 2.60. The summed E-state index contributed by atoms with van der Waals surface area (Å²) in [6.45, 7) is 4.00. The Bertz CT molecular complexity index is 1410. The number of para-hydroxylation sites is 1. The molecule has 1 saturated carbocycles. The molecule has 2 amide bonds. The third kappa shape index (κ3) is 4.29. The molecule has 6 atom stereocenters. The summed E-state index contributed by atoms with van der Waals surface area (Å²) in [6, 6.07) is 21.6. The lowest BCUT2D eigenvalue weighted by Gasteiger charge is -2.46. The van der Waals surface area contributed by atoms with E-state index in [0.29, 0.717) is 29.1 Å². The van der Waals surface area contributed by atoms with E-state index in [9.17, 15) is 19.8 Å². The normalized spacial score (nSPS) is 30.0. The van der Waals surface area contributed by atoms with Crippen molar-refractivity contribution in [2.45, 2.75) is 38.6 Å². The predicted molar refractivity (Wildman–Crippen MR) is 149 cm³/mol. The number of benzene rings is 3. The zero-order valence-corrected chi connectivity index (χ0v) is 22.5. The summed E-state index contributed by atoms with van der Waals surface area (Å²) < 4.78 is 6.34. The number of fused-ring (bicyclic) bond motifs is 3. The van der Waals surface area contributed by atoms with Crippen LogP contribution in [0.15, 0.2) is 72.8 Å². The Balaban J connectivity index is 1.30. The number of phenolic OH excluding ortho intramolecular Hbond substituents is 1. The third-order valence-corrected chi connectivity index (χ3v) is 8.93. The van der Waals surface area contributed by atoms with Gasteiger partial charge in [-0.2, -0.15) is 0 Å². The lowest BCUT2D eigenvalue weighted by Crippen LogP contribution is -2.55. The highest BCUT2D eigenvalue weighted by atomic mass is 35.5. The maximum Gasteiger partial charge on any atom is 0.238 e. The number of aromatic hydroxyl groups is 1. The molecule has 3 aromatic rings. The molecular weight excluding hydrogens is 516 g/mol. The number of hydrogen-bond acceptors (Lipinski definition) is 6. The number of aliphatic hydroxyl groups is 1. The average molecular weight is 547 g/mol. The molecule has 8 heteroatoms. The summed E-state index contributed by atoms with van der Waals surface area (Å²) >= 11 is 6.43. The minimum Gasteiger partial charge on any atom is -0.508 e. The number of nitrogens with one attached hydrogen (secondary N) is 1. The molecule has 0 aromatic heterocycles. The van der Waals surface area contributed by atoms with E-state index < -0.39 is 29.6 Å². The molecule has 3 N–H and O–H groups in total. The van der Waals surface area contributed by atoms with Crippen molar-refractivity contribution in [1.82, 2.24) is 0 Å². The molecule has 0 spiro atoms. The topological polar surface area (TPSA) is 99.1 Å². The Hall–Kier alpha value is -3.39. The van der Waals surface area contributed by atoms with Crippen LogP contribution in [0.25, 0.3) is 0 Å². The van der Waals surface area contributed by atoms with Gasteiger partial charge in [0, 0.05) is 23.2 Å². The molecule has 6 rings (SSSR count). The standard InChI is InChI=1S/C31H31ClN2O5/c1-17(2)24-15-23-28(25-16-27(39-31(24,25)38)22-13-12-21(35)14-26(22)32)30(37)34(29(23)36)20-10-8-19(9-11-20)33-18-6-4-3-5-7-18/h3-14,17,23-25,27-28,33,35,38H,15-16H2,1-2H3/t23-,24+,25-,27-,28-,31+/m0/s1. The summed E-state index contributed by atoms with van der Waals surface area (Å²) in [5.74, 6) is -4.18. The first-order chi connectivity index (χ1) is 18.7. The minimum atomic E-state index is -1.57. The van der Waals surface area contributed by atoms with Gasteiger partial charge in [0.15, 0.2) is 5.79 Å². The molecule has 3 aliphatic rings. The summed E-state index contributed by atoms with van der Waals surface area (Å²) in [4.78, 5) is 28.9. The van der Waals surface area contributed by atoms with Crippen LogP contribution in [0.4, 0.5) is 17.1 Å². The lowest BCUT2D eigenvalue weighted by molar-refractivity contribution is -0.276. The van der Waals surface area contributed by atoms with Crippen molar-refractivity contribution in [3.05, 3.63) is 83.4 Å². The quantitative estimate of drug-likeness (QED) is 0.338. The van der Waals surface area contributed by atoms with E-state index >= 15 is 0 Å². The SMILES string of the molecule is CC(C)[C@H]1C[C@@H]2C(=O)N(c3ccc(Nc4ccccc4)cc3)C(=O)[C@@H]2[C@@H]2C[C@@H](c3ccc(O)cc3Cl)O[C@]12O. The number of hydrogen-bond donors (Lipinski definition) is 3. The first-order valence-electron chi connectivity index (χ1n) is 13.4. The van der Waals surface area contributed by atoms with Gasteiger partial charge in [-0.05, 0) is 72.9 Å². The number of carbonyl (C=O) groups excluding carboxylic acids is 2. The molecule has 0 radical (unpaired) electrons. The number of ether oxygens (including phenoxy) is 1. The maximum atomic E-state index is 13.9. The van der Waals surface area contributed by atoms with Gasteiger partial charge in [-0.15, -0.1) is 0 Å². The third-order valence-electron chi connectivity index (χ3n) is 8.60. The number of rotatable bonds is 5. The molecule has 39 heavy (non-hydrogen) atoms. The molecule has 0 unspecified atom stereocenters. The van der Waals surface area contributed by atoms with Gasteiger partial charge < -0.3 is 20.3 Å². The van der Waals surface area contributed by atoms with Crippen molar-refractivity contribution < 1.29 is 24.5 Å². The van der Waals surface area contributed by atoms with Gasteiger partial charge in [0.05, 0.1) is 28.6 Å². The second kappa shape index (κ2) is 9.66. The largest absolute Gasteiger partial charge is 0.508 e. The molecule has 3 aromatic carbocycles. The van der Waals surface area contributed by atoms with Crippen molar-refractivity contribution in [1.29, 1.82) is 0 Å². The van der Waals surface area contributed by atoms with Gasteiger partial charge >= 0.3 is 0 Å². The van der Waals surface area contributed by atoms with E-state index in [0.717, 1.165) is 11.4 Å². The van der Waals surface area contributed by atoms with Crippen LogP contribution in [0, 0.1) is 29.6 Å². The highest BCUT2D eigenvalue weighted by Gasteiger charge is 2.67. The van der Waals surface area contributed by atoms with E-state index in [1.165, 1.54) is 17.0 Å². The van der Waals surface area contributed by atoms with Gasteiger partial charge in [-0.25, -0.2) is 0 Å². The van der Waals surface area contributed by atoms with Crippen molar-refractivity contribution in [2.24, 2.45) is 29.6 Å². The van der Waals surface area contributed by atoms with Crippen LogP contribution in [-0.4, -0.2) is 27.8 Å². The first-order valence-corrected chi connectivity index (χ1v) is 13.7. The number of nitrogens with zero attached hydrogens (tertiary/aromatic N) is 1. The van der Waals surface area contributed by atoms with Crippen molar-refractivity contribution >= 4 is 40.5 Å². The average Bonchev–Trinajstić information content (AvgIpc) is 3.38. The van der Waals surface area contributed by atoms with Crippen LogP contribution < -0.4 is 10.2 Å². The van der Waals surface area contributed by atoms with Gasteiger partial charge in [-0.3, -0.25) is 14.5 Å². The van der Waals surface area contributed by atoms with Crippen molar-refractivity contribution in [3.63, 3.8) is 0 Å². The molecule has 2 aliphatic heterocycles. The Morgan fingerprint density at radius 3 is 2.33 bits per heavy atom. The number of amides is 2. The summed E-state index contributed by atoms with van der Waals surface area (Å²) in [7, 11) is 0. The molecule has 202 valence electrons. The monoisotopic (exact) mass is 546 g/mol. The van der Waals surface area contributed by atoms with Crippen LogP contribution in [0.5, 0.6) is 5.75 Å². The smallest absolute Gasteiger partial charge is 0.238 e. The predicted octanol–water partition coefficient (Wildman–Crippen LogP) is 6.04. The molecule has 7 nitrogen and oxygen atoms in total. The van der Waals surface area contributed by atoms with Crippen LogP contribution in [0.2, 0.25) is 5.02 Å². The number of phenols is 1. The van der Waals surface area contributed by atoms with Gasteiger partial charge in [0.1, 0.15) is 5.75 Å². The fourth-order valence-corrected chi connectivity index (χ4v) is 7.07. The first kappa shape index (κ1) is 25.9. The number of halogens is 1. The van der Waals surface area contributed by atoms with E-state index in [4.69, 9.17) is 16.3 Å². The summed E-state index contributed by atoms with van der Waals surface area (Å²) in [6.07, 6.45) is 0.145. The highest BCUT2D eigenvalue weighted by molar-refractivity contribution is 6.31. The zero-order valence-electron chi connectivity index (χ0n) is 21.8. The number of imide groups is 1. The maximum absolute atomic E-state index is 13.9. The molecule has 2 saturated heterocycles. The lowest BCUT2D eigenvalue weighted by atomic mass is 9.62. The second-order valence-corrected chi connectivity index (χ2v) is 11.6. The van der Waals surface area contributed by atoms with Gasteiger partial charge in [0.25, 0.3) is 0 Å². The van der Waals surface area contributed by atoms with E-state index in [1.807, 2.05) is 56.3 Å². The Labute approximate surface area is 232 Å². The van der Waals surface area contributed by atoms with E-state index in [2.05, 4.69) is 5.32 Å². The molecule has 3 fully saturated rings. The fraction of sp³-hybridized carbons (Fsp3) is 0.355. The van der Waals surface area contributed by atoms with Crippen LogP contribution >= 0.6 is 11.6 Å². The molecule has 0 bridgehead atoms. The summed E-state index contributed by atoms with van der Waals surface area (Å²) in [5.41, 5.74) is 2.94. The van der Waals surface area contributed by atoms with E-state index in [1.54, 1.807) is 18.2 Å². The molecule has 2 heterocycles. The zero-order chi connectivity index (χ0) is 27.5. The van der Waals surface area contributed by atoms with E-state index in [-0.39, 0.29) is 29.4 Å². The number of anilines is 3. The fourth-order valence-electron chi connectivity index (χ4n) is 6.77. The van der Waals surface area contributed by atoms with Crippen LogP contribution in [-0.2, 0) is 14.3 Å². The summed E-state index contributed by atoms with van der Waals surface area (Å²) in [5, 5.41) is 25.4. The van der Waals surface area contributed by atoms with Crippen molar-refractivity contribution in [3.8, 4) is 5.75 Å². The van der Waals surface area contributed by atoms with Crippen LogP contribution in [0.3, 0.4) is 0 Å². The Morgan fingerprint density at radius 2 is 1.67 bits per heavy atom. The van der Waals surface area contributed by atoms with Crippen LogP contribution in [0.1, 0.15) is 38.4 Å². The van der Waals surface area contributed by atoms with Crippen molar-refractivity contribution in [2.75, 3.05) is 10.2 Å². The molecular formula is C31H31ClN2O5.